The lowest BCUT2D eigenvalue weighted by molar-refractivity contribution is -0.116. The van der Waals surface area contributed by atoms with Crippen LogP contribution in [-0.2, 0) is 4.79 Å². The van der Waals surface area contributed by atoms with Crippen LogP contribution in [-0.4, -0.2) is 25.2 Å². The first-order valence-electron chi connectivity index (χ1n) is 13.0. The van der Waals surface area contributed by atoms with Gasteiger partial charge >= 0.3 is 0 Å². The number of halogens is 1. The van der Waals surface area contributed by atoms with E-state index in [1.165, 1.54) is 0 Å². The Bertz CT molecular complexity index is 1610. The molecule has 7 nitrogen and oxygen atoms in total. The number of carbonyl (C=O) groups excluding carboxylic acids is 1. The summed E-state index contributed by atoms with van der Waals surface area (Å²) in [6.07, 6.45) is -0.544. The third kappa shape index (κ3) is 4.96. The summed E-state index contributed by atoms with van der Waals surface area (Å²) in [7, 11) is 3.25. The highest BCUT2D eigenvalue weighted by molar-refractivity contribution is 7.80. The number of nitrogens with zero attached hydrogens (tertiary/aromatic N) is 2. The van der Waals surface area contributed by atoms with Crippen molar-refractivity contribution in [1.29, 1.82) is 0 Å². The molecule has 6 rings (SSSR count). The minimum Gasteiger partial charge on any atom is -0.497 e. The fraction of sp³-hybridized carbons (Fsp3) is 0.125. The van der Waals surface area contributed by atoms with E-state index in [4.69, 9.17) is 33.3 Å². The third-order valence-corrected chi connectivity index (χ3v) is 7.77. The van der Waals surface area contributed by atoms with Gasteiger partial charge in [0.1, 0.15) is 23.5 Å². The van der Waals surface area contributed by atoms with E-state index in [9.17, 15) is 4.79 Å². The topological polar surface area (TPSA) is 66.1 Å². The molecule has 0 aliphatic carbocycles. The molecule has 2 atom stereocenters. The van der Waals surface area contributed by atoms with Crippen molar-refractivity contribution in [3.8, 4) is 11.5 Å². The number of rotatable bonds is 6. The summed E-state index contributed by atoms with van der Waals surface area (Å²) in [5.41, 5.74) is 3.82. The van der Waals surface area contributed by atoms with Crippen molar-refractivity contribution >= 4 is 46.2 Å². The van der Waals surface area contributed by atoms with Gasteiger partial charge in [-0.05, 0) is 84.0 Å². The molecular weight excluding hydrogens is 556 g/mol. The first-order valence-corrected chi connectivity index (χ1v) is 13.8. The molecule has 0 fully saturated rings. The third-order valence-electron chi connectivity index (χ3n) is 7.22. The molecule has 0 radical (unpaired) electrons. The summed E-state index contributed by atoms with van der Waals surface area (Å²) in [5.74, 6) is 1.90. The van der Waals surface area contributed by atoms with Crippen LogP contribution in [0.25, 0.3) is 0 Å². The van der Waals surface area contributed by atoms with E-state index in [-0.39, 0.29) is 5.91 Å². The van der Waals surface area contributed by atoms with E-state index >= 15 is 0 Å². The molecule has 2 aliphatic heterocycles. The fourth-order valence-electron chi connectivity index (χ4n) is 5.18. The monoisotopic (exact) mass is 582 g/mol. The smallest absolute Gasteiger partial charge is 0.262 e. The Morgan fingerprint density at radius 3 is 1.90 bits per heavy atom. The highest BCUT2D eigenvalue weighted by Crippen LogP contribution is 2.41. The molecule has 2 aliphatic rings. The molecule has 0 spiro atoms. The predicted octanol–water partition coefficient (Wildman–Crippen LogP) is 6.34. The minimum absolute atomic E-state index is 0.168. The Balaban J connectivity index is 1.56. The van der Waals surface area contributed by atoms with Crippen molar-refractivity contribution in [2.24, 2.45) is 0 Å². The Kier molecular flexibility index (Phi) is 7.26. The molecule has 4 aromatic rings. The van der Waals surface area contributed by atoms with Crippen LogP contribution in [0.1, 0.15) is 23.3 Å². The van der Waals surface area contributed by atoms with E-state index in [1.54, 1.807) is 31.3 Å². The molecule has 206 valence electrons. The molecule has 1 amide bonds. The molecule has 4 aromatic carbocycles. The summed E-state index contributed by atoms with van der Waals surface area (Å²) in [4.78, 5) is 18.4. The number of methoxy groups -OCH3 is 2. The van der Waals surface area contributed by atoms with Gasteiger partial charge in [-0.3, -0.25) is 14.6 Å². The predicted molar refractivity (Wildman–Crippen MR) is 165 cm³/mol. The molecule has 2 heterocycles. The van der Waals surface area contributed by atoms with E-state index < -0.39 is 12.2 Å². The number of benzene rings is 4. The lowest BCUT2D eigenvalue weighted by Gasteiger charge is -2.47. The van der Waals surface area contributed by atoms with Gasteiger partial charge in [0, 0.05) is 16.4 Å². The van der Waals surface area contributed by atoms with Gasteiger partial charge < -0.3 is 20.1 Å². The summed E-state index contributed by atoms with van der Waals surface area (Å²) in [5, 5.41) is 8.18. The molecule has 0 unspecified atom stereocenters. The first kappa shape index (κ1) is 26.7. The minimum atomic E-state index is -0.544. The second-order valence-corrected chi connectivity index (χ2v) is 10.4. The average molecular weight is 583 g/mol. The van der Waals surface area contributed by atoms with Crippen molar-refractivity contribution in [2.75, 3.05) is 24.0 Å². The normalized spacial score (nSPS) is 18.4. The molecule has 0 saturated heterocycles. The maximum Gasteiger partial charge on any atom is 0.262 e. The Morgan fingerprint density at radius 1 is 0.732 bits per heavy atom. The quantitative estimate of drug-likeness (QED) is 0.257. The zero-order valence-electron chi connectivity index (χ0n) is 22.4. The molecule has 0 aromatic heterocycles. The molecular formula is C32H27ClN4O3S. The molecule has 41 heavy (non-hydrogen) atoms. The Hall–Kier alpha value is -4.53. The van der Waals surface area contributed by atoms with Crippen LogP contribution < -0.4 is 29.9 Å². The summed E-state index contributed by atoms with van der Waals surface area (Å²) < 4.78 is 10.8. The standard InChI is InChI=1S/C32H27ClN4O3S/c1-39-25-16-8-20(9-17-25)28-27-30(37(32(41)34-28)23-6-4-3-5-7-23)35-29(21-10-18-26(40-2)19-11-21)36(31(27)38)24-14-12-22(33)13-15-24/h3-19,28-29,35H,1-2H3,(H,34,41)/t28-,29+/m1/s1. The van der Waals surface area contributed by atoms with Crippen LogP contribution in [0.2, 0.25) is 5.02 Å². The van der Waals surface area contributed by atoms with Crippen molar-refractivity contribution < 1.29 is 14.3 Å². The largest absolute Gasteiger partial charge is 0.497 e. The SMILES string of the molecule is COc1ccc([C@H]2NC3=C(C(=O)N2c2ccc(Cl)cc2)[C@@H](c2ccc(OC)cc2)NC(=S)N3c2ccccc2)cc1. The van der Waals surface area contributed by atoms with Crippen LogP contribution in [0.15, 0.2) is 115 Å². The fourth-order valence-corrected chi connectivity index (χ4v) is 5.62. The van der Waals surface area contributed by atoms with Gasteiger partial charge in [0.2, 0.25) is 0 Å². The van der Waals surface area contributed by atoms with Crippen molar-refractivity contribution in [3.05, 3.63) is 131 Å². The summed E-state index contributed by atoms with van der Waals surface area (Å²) in [6.45, 7) is 0. The van der Waals surface area contributed by atoms with Crippen molar-refractivity contribution in [3.63, 3.8) is 0 Å². The first-order chi connectivity index (χ1) is 20.0. The molecule has 0 saturated carbocycles. The number of ether oxygens (including phenoxy) is 2. The highest BCUT2D eigenvalue weighted by atomic mass is 35.5. The van der Waals surface area contributed by atoms with Crippen LogP contribution in [0.5, 0.6) is 11.5 Å². The van der Waals surface area contributed by atoms with E-state index in [1.807, 2.05) is 95.9 Å². The lowest BCUT2D eigenvalue weighted by Crippen LogP contribution is -2.59. The highest BCUT2D eigenvalue weighted by Gasteiger charge is 2.45. The summed E-state index contributed by atoms with van der Waals surface area (Å²) >= 11 is 12.2. The van der Waals surface area contributed by atoms with E-state index in [0.29, 0.717) is 27.2 Å². The van der Waals surface area contributed by atoms with Crippen LogP contribution in [0.4, 0.5) is 11.4 Å². The van der Waals surface area contributed by atoms with Crippen LogP contribution in [0.3, 0.4) is 0 Å². The van der Waals surface area contributed by atoms with Gasteiger partial charge in [-0.2, -0.15) is 0 Å². The number of para-hydroxylation sites is 1. The summed E-state index contributed by atoms with van der Waals surface area (Å²) in [6, 6.07) is 31.8. The van der Waals surface area contributed by atoms with E-state index in [2.05, 4.69) is 10.6 Å². The van der Waals surface area contributed by atoms with Crippen LogP contribution in [0, 0.1) is 0 Å². The zero-order chi connectivity index (χ0) is 28.5. The number of carbonyl (C=O) groups is 1. The van der Waals surface area contributed by atoms with Crippen molar-refractivity contribution in [2.45, 2.75) is 12.2 Å². The van der Waals surface area contributed by atoms with E-state index in [0.717, 1.165) is 28.3 Å². The maximum absolute atomic E-state index is 14.8. The number of hydrogen-bond donors (Lipinski definition) is 2. The second kappa shape index (κ2) is 11.2. The Labute approximate surface area is 248 Å². The van der Waals surface area contributed by atoms with Gasteiger partial charge in [0.05, 0.1) is 25.8 Å². The number of nitrogens with one attached hydrogen (secondary N) is 2. The average Bonchev–Trinajstić information content (AvgIpc) is 3.01. The van der Waals surface area contributed by atoms with Gasteiger partial charge in [0.15, 0.2) is 5.11 Å². The number of thiocarbonyl (C=S) groups is 1. The lowest BCUT2D eigenvalue weighted by atomic mass is 9.92. The van der Waals surface area contributed by atoms with Crippen molar-refractivity contribution in [1.82, 2.24) is 10.6 Å². The molecule has 0 bridgehead atoms. The van der Waals surface area contributed by atoms with Gasteiger partial charge in [-0.25, -0.2) is 0 Å². The molecule has 9 heteroatoms. The van der Waals surface area contributed by atoms with Gasteiger partial charge in [0.25, 0.3) is 5.91 Å². The zero-order valence-corrected chi connectivity index (χ0v) is 23.9. The second-order valence-electron chi connectivity index (χ2n) is 9.56. The Morgan fingerprint density at radius 2 is 1.32 bits per heavy atom. The maximum atomic E-state index is 14.8. The van der Waals surface area contributed by atoms with Crippen LogP contribution >= 0.6 is 23.8 Å². The van der Waals surface area contributed by atoms with Gasteiger partial charge in [-0.15, -0.1) is 0 Å². The van der Waals surface area contributed by atoms with Gasteiger partial charge in [-0.1, -0.05) is 54.1 Å². The number of amides is 1. The number of anilines is 2. The molecule has 2 N–H and O–H groups in total. The number of hydrogen-bond acceptors (Lipinski definition) is 5.